The van der Waals surface area contributed by atoms with E-state index in [4.69, 9.17) is 5.11 Å². The minimum atomic E-state index is -0.875. The molecule has 0 aliphatic rings. The summed E-state index contributed by atoms with van der Waals surface area (Å²) >= 11 is 1.51. The molecule has 0 spiro atoms. The van der Waals surface area contributed by atoms with Crippen molar-refractivity contribution in [3.05, 3.63) is 52.8 Å². The highest BCUT2D eigenvalue weighted by Crippen LogP contribution is 2.17. The van der Waals surface area contributed by atoms with Crippen LogP contribution in [0.4, 0.5) is 0 Å². The van der Waals surface area contributed by atoms with Crippen molar-refractivity contribution in [2.45, 2.75) is 19.3 Å². The Morgan fingerprint density at radius 3 is 2.75 bits per heavy atom. The first-order valence-electron chi connectivity index (χ1n) is 6.30. The Morgan fingerprint density at radius 2 is 2.05 bits per heavy atom. The van der Waals surface area contributed by atoms with Crippen molar-refractivity contribution in [1.82, 2.24) is 14.6 Å². The predicted octanol–water partition coefficient (Wildman–Crippen LogP) is 2.20. The maximum absolute atomic E-state index is 10.6. The van der Waals surface area contributed by atoms with Gasteiger partial charge in [0.15, 0.2) is 0 Å². The van der Waals surface area contributed by atoms with E-state index in [-0.39, 0.29) is 6.42 Å². The Morgan fingerprint density at radius 1 is 1.25 bits per heavy atom. The van der Waals surface area contributed by atoms with Gasteiger partial charge in [-0.1, -0.05) is 41.7 Å². The quantitative estimate of drug-likeness (QED) is 0.781. The molecule has 0 saturated heterocycles. The van der Waals surface area contributed by atoms with Crippen molar-refractivity contribution in [2.75, 3.05) is 0 Å². The Labute approximate surface area is 119 Å². The Hall–Kier alpha value is -2.21. The van der Waals surface area contributed by atoms with E-state index in [1.54, 1.807) is 10.7 Å². The number of rotatable bonds is 5. The fourth-order valence-electron chi connectivity index (χ4n) is 2.02. The summed E-state index contributed by atoms with van der Waals surface area (Å²) in [6, 6.07) is 10.3. The molecule has 3 aromatic rings. The smallest absolute Gasteiger partial charge is 0.309 e. The van der Waals surface area contributed by atoms with Crippen LogP contribution in [0, 0.1) is 0 Å². The van der Waals surface area contributed by atoms with Crippen LogP contribution in [0.2, 0.25) is 0 Å². The number of carbonyl (C=O) groups is 1. The second-order valence-electron chi connectivity index (χ2n) is 4.51. The molecular weight excluding hydrogens is 274 g/mol. The molecule has 3 rings (SSSR count). The van der Waals surface area contributed by atoms with E-state index < -0.39 is 5.97 Å². The molecule has 1 aromatic carbocycles. The molecule has 2 aromatic heterocycles. The van der Waals surface area contributed by atoms with Gasteiger partial charge in [0.1, 0.15) is 5.01 Å². The minimum absolute atomic E-state index is 0.0601. The van der Waals surface area contributed by atoms with Gasteiger partial charge < -0.3 is 5.11 Å². The largest absolute Gasteiger partial charge is 0.481 e. The number of carboxylic acids is 1. The zero-order valence-corrected chi connectivity index (χ0v) is 11.5. The van der Waals surface area contributed by atoms with Crippen LogP contribution in [-0.4, -0.2) is 25.7 Å². The third-order valence-electron chi connectivity index (χ3n) is 2.94. The molecule has 102 valence electrons. The number of aromatic nitrogens is 3. The van der Waals surface area contributed by atoms with Gasteiger partial charge in [-0.05, 0) is 12.0 Å². The lowest BCUT2D eigenvalue weighted by atomic mass is 10.1. The van der Waals surface area contributed by atoms with Gasteiger partial charge in [-0.25, -0.2) is 9.50 Å². The Balaban J connectivity index is 1.70. The lowest BCUT2D eigenvalue weighted by Gasteiger charge is -1.97. The van der Waals surface area contributed by atoms with E-state index >= 15 is 0 Å². The van der Waals surface area contributed by atoms with Gasteiger partial charge in [0.25, 0.3) is 0 Å². The molecule has 0 unspecified atom stereocenters. The zero-order chi connectivity index (χ0) is 13.9. The molecule has 20 heavy (non-hydrogen) atoms. The third-order valence-corrected chi connectivity index (χ3v) is 3.92. The summed E-state index contributed by atoms with van der Waals surface area (Å²) in [5.74, 6) is -0.875. The van der Waals surface area contributed by atoms with E-state index in [9.17, 15) is 4.79 Å². The molecule has 0 radical (unpaired) electrons. The average Bonchev–Trinajstić information content (AvgIpc) is 2.94. The van der Waals surface area contributed by atoms with Crippen molar-refractivity contribution in [3.8, 4) is 0 Å². The summed E-state index contributed by atoms with van der Waals surface area (Å²) in [5, 5.41) is 14.2. The fourth-order valence-corrected chi connectivity index (χ4v) is 2.92. The van der Waals surface area contributed by atoms with Crippen LogP contribution < -0.4 is 0 Å². The molecule has 0 aliphatic carbocycles. The second kappa shape index (κ2) is 5.42. The summed E-state index contributed by atoms with van der Waals surface area (Å²) in [7, 11) is 0. The normalized spacial score (nSPS) is 11.0. The first-order chi connectivity index (χ1) is 9.70. The van der Waals surface area contributed by atoms with Gasteiger partial charge in [-0.2, -0.15) is 5.10 Å². The zero-order valence-electron chi connectivity index (χ0n) is 10.7. The highest BCUT2D eigenvalue weighted by Gasteiger charge is 2.10. The molecular formula is C14H13N3O2S. The number of hydrogen-bond acceptors (Lipinski definition) is 4. The number of carboxylic acid groups (broad SMARTS) is 1. The standard InChI is InChI=1S/C14H13N3O2S/c18-13(19)8-11-9-17-14(15-11)20-12(16-17)7-6-10-4-2-1-3-5-10/h1-5,9H,6-8H2,(H,18,19). The van der Waals surface area contributed by atoms with Crippen molar-refractivity contribution < 1.29 is 9.90 Å². The van der Waals surface area contributed by atoms with Gasteiger partial charge in [0, 0.05) is 6.42 Å². The number of nitrogens with zero attached hydrogens (tertiary/aromatic N) is 3. The second-order valence-corrected chi connectivity index (χ2v) is 5.55. The summed E-state index contributed by atoms with van der Waals surface area (Å²) in [6.07, 6.45) is 3.44. The first kappa shape index (κ1) is 12.8. The van der Waals surface area contributed by atoms with Gasteiger partial charge >= 0.3 is 5.97 Å². The number of imidazole rings is 1. The van der Waals surface area contributed by atoms with Crippen LogP contribution in [0.1, 0.15) is 16.3 Å². The summed E-state index contributed by atoms with van der Waals surface area (Å²) in [4.78, 5) is 15.6. The molecule has 0 aliphatic heterocycles. The minimum Gasteiger partial charge on any atom is -0.481 e. The van der Waals surface area contributed by atoms with Crippen LogP contribution in [0.5, 0.6) is 0 Å². The number of hydrogen-bond donors (Lipinski definition) is 1. The summed E-state index contributed by atoms with van der Waals surface area (Å²) in [6.45, 7) is 0. The SMILES string of the molecule is O=C(O)Cc1cn2nc(CCc3ccccc3)sc2n1. The number of aryl methyl sites for hydroxylation is 2. The van der Waals surface area contributed by atoms with E-state index in [0.717, 1.165) is 22.8 Å². The van der Waals surface area contributed by atoms with Gasteiger partial charge in [-0.15, -0.1) is 0 Å². The van der Waals surface area contributed by atoms with E-state index in [0.29, 0.717) is 5.69 Å². The van der Waals surface area contributed by atoms with Crippen LogP contribution in [0.3, 0.4) is 0 Å². The van der Waals surface area contributed by atoms with Crippen molar-refractivity contribution in [3.63, 3.8) is 0 Å². The predicted molar refractivity (Wildman–Crippen MR) is 76.1 cm³/mol. The van der Waals surface area contributed by atoms with Crippen molar-refractivity contribution in [1.29, 1.82) is 0 Å². The molecule has 0 saturated carbocycles. The molecule has 2 heterocycles. The van der Waals surface area contributed by atoms with Crippen molar-refractivity contribution in [2.24, 2.45) is 0 Å². The topological polar surface area (TPSA) is 67.5 Å². The number of aliphatic carboxylic acids is 1. The Kier molecular flexibility index (Phi) is 3.47. The monoisotopic (exact) mass is 287 g/mol. The molecule has 0 atom stereocenters. The third kappa shape index (κ3) is 2.85. The molecule has 1 N–H and O–H groups in total. The summed E-state index contributed by atoms with van der Waals surface area (Å²) < 4.78 is 1.67. The van der Waals surface area contributed by atoms with Crippen LogP contribution in [0.15, 0.2) is 36.5 Å². The Bertz CT molecular complexity index is 702. The molecule has 6 heteroatoms. The fraction of sp³-hybridized carbons (Fsp3) is 0.214. The highest BCUT2D eigenvalue weighted by atomic mass is 32.1. The molecule has 0 fully saturated rings. The van der Waals surface area contributed by atoms with Gasteiger partial charge in [0.2, 0.25) is 4.96 Å². The highest BCUT2D eigenvalue weighted by molar-refractivity contribution is 7.16. The maximum atomic E-state index is 10.6. The van der Waals surface area contributed by atoms with Crippen LogP contribution >= 0.6 is 11.3 Å². The molecule has 0 amide bonds. The number of benzene rings is 1. The molecule has 0 bridgehead atoms. The van der Waals surface area contributed by atoms with Crippen molar-refractivity contribution >= 4 is 22.3 Å². The lowest BCUT2D eigenvalue weighted by molar-refractivity contribution is -0.136. The van der Waals surface area contributed by atoms with E-state index in [1.807, 2.05) is 18.2 Å². The maximum Gasteiger partial charge on any atom is 0.309 e. The number of fused-ring (bicyclic) bond motifs is 1. The van der Waals surface area contributed by atoms with Crippen LogP contribution in [-0.2, 0) is 24.1 Å². The van der Waals surface area contributed by atoms with Gasteiger partial charge in [-0.3, -0.25) is 4.79 Å². The van der Waals surface area contributed by atoms with Crippen LogP contribution in [0.25, 0.3) is 4.96 Å². The average molecular weight is 287 g/mol. The van der Waals surface area contributed by atoms with E-state index in [2.05, 4.69) is 22.2 Å². The first-order valence-corrected chi connectivity index (χ1v) is 7.12. The molecule has 5 nitrogen and oxygen atoms in total. The summed E-state index contributed by atoms with van der Waals surface area (Å²) in [5.41, 5.74) is 1.83. The van der Waals surface area contributed by atoms with E-state index in [1.165, 1.54) is 16.9 Å². The van der Waals surface area contributed by atoms with Gasteiger partial charge in [0.05, 0.1) is 18.3 Å². The lowest BCUT2D eigenvalue weighted by Crippen LogP contribution is -2.00.